The molecule has 16 heavy (non-hydrogen) atoms. The van der Waals surface area contributed by atoms with Crippen LogP contribution in [0.2, 0.25) is 0 Å². The highest BCUT2D eigenvalue weighted by Crippen LogP contribution is 2.23. The monoisotopic (exact) mass is 228 g/mol. The molecule has 0 amide bonds. The van der Waals surface area contributed by atoms with Gasteiger partial charge in [-0.05, 0) is 25.0 Å². The number of aliphatic hydroxyl groups is 2. The lowest BCUT2D eigenvalue weighted by Gasteiger charge is -2.25. The summed E-state index contributed by atoms with van der Waals surface area (Å²) < 4.78 is 0. The minimum atomic E-state index is -1.29. The highest BCUT2D eigenvalue weighted by atomic mass is 16.4. The lowest BCUT2D eigenvalue weighted by molar-refractivity contribution is -0.144. The second-order valence-electron chi connectivity index (χ2n) is 4.06. The molecule has 1 unspecified atom stereocenters. The van der Waals surface area contributed by atoms with Crippen molar-refractivity contribution in [2.45, 2.75) is 31.4 Å². The van der Waals surface area contributed by atoms with Crippen molar-refractivity contribution in [2.75, 3.05) is 0 Å². The third-order valence-electron chi connectivity index (χ3n) is 2.63. The van der Waals surface area contributed by atoms with E-state index in [0.717, 1.165) is 0 Å². The molecule has 0 saturated carbocycles. The second kappa shape index (κ2) is 4.65. The zero-order chi connectivity index (χ0) is 12.3. The number of nitrogens with one attached hydrogen (secondary N) is 1. The molecule has 6 nitrogen and oxygen atoms in total. The smallest absolute Gasteiger partial charge is 0.325 e. The van der Waals surface area contributed by atoms with Gasteiger partial charge in [0.05, 0.1) is 0 Å². The fourth-order valence-corrected chi connectivity index (χ4v) is 1.45. The van der Waals surface area contributed by atoms with Gasteiger partial charge in [-0.1, -0.05) is 6.08 Å². The Morgan fingerprint density at radius 1 is 1.75 bits per heavy atom. The fraction of sp³-hybridized carbons (Fsp3) is 0.500. The highest BCUT2D eigenvalue weighted by Gasteiger charge is 2.33. The van der Waals surface area contributed by atoms with Crippen LogP contribution in [0, 0.1) is 0 Å². The Morgan fingerprint density at radius 2 is 2.38 bits per heavy atom. The van der Waals surface area contributed by atoms with Gasteiger partial charge in [-0.3, -0.25) is 10.6 Å². The van der Waals surface area contributed by atoms with E-state index in [1.807, 2.05) is 0 Å². The van der Waals surface area contributed by atoms with Gasteiger partial charge >= 0.3 is 5.97 Å². The number of hydrogen-bond acceptors (Lipinski definition) is 5. The van der Waals surface area contributed by atoms with Crippen LogP contribution in [0.3, 0.4) is 0 Å². The third kappa shape index (κ3) is 2.60. The Balaban J connectivity index is 2.79. The predicted molar refractivity (Wildman–Crippen MR) is 57.4 cm³/mol. The van der Waals surface area contributed by atoms with E-state index >= 15 is 0 Å². The summed E-state index contributed by atoms with van der Waals surface area (Å²) in [5.74, 6) is 3.97. The van der Waals surface area contributed by atoms with Crippen LogP contribution in [0.1, 0.15) is 19.8 Å². The Bertz CT molecular complexity index is 351. The summed E-state index contributed by atoms with van der Waals surface area (Å²) in [6.45, 7) is 1.45. The van der Waals surface area contributed by atoms with Crippen molar-refractivity contribution < 1.29 is 20.1 Å². The minimum Gasteiger partial charge on any atom is -0.510 e. The third-order valence-corrected chi connectivity index (χ3v) is 2.63. The number of aliphatic carboxylic acids is 1. The molecule has 0 heterocycles. The van der Waals surface area contributed by atoms with E-state index in [2.05, 4.69) is 5.43 Å². The van der Waals surface area contributed by atoms with Crippen molar-refractivity contribution >= 4 is 5.97 Å². The molecule has 0 aromatic carbocycles. The SMILES string of the molecule is C[C@@](CC1=CCC(O)C(O)=C1)(NN)C(=O)O. The van der Waals surface area contributed by atoms with Gasteiger partial charge in [-0.2, -0.15) is 0 Å². The van der Waals surface area contributed by atoms with Crippen LogP contribution in [-0.4, -0.2) is 32.9 Å². The van der Waals surface area contributed by atoms with Gasteiger partial charge in [-0.15, -0.1) is 0 Å². The molecule has 0 spiro atoms. The molecule has 0 saturated heterocycles. The lowest BCUT2D eigenvalue weighted by atomic mass is 9.90. The second-order valence-corrected chi connectivity index (χ2v) is 4.06. The van der Waals surface area contributed by atoms with E-state index in [1.54, 1.807) is 6.08 Å². The van der Waals surface area contributed by atoms with Gasteiger partial charge < -0.3 is 15.3 Å². The molecule has 1 aliphatic rings. The van der Waals surface area contributed by atoms with Crippen molar-refractivity contribution in [1.29, 1.82) is 0 Å². The minimum absolute atomic E-state index is 0.135. The van der Waals surface area contributed by atoms with Crippen molar-refractivity contribution in [3.63, 3.8) is 0 Å². The number of carboxylic acids is 1. The number of aliphatic hydroxyl groups excluding tert-OH is 2. The summed E-state index contributed by atoms with van der Waals surface area (Å²) in [5, 5.41) is 27.5. The molecule has 0 aromatic rings. The van der Waals surface area contributed by atoms with E-state index in [1.165, 1.54) is 13.0 Å². The quantitative estimate of drug-likeness (QED) is 0.336. The summed E-state index contributed by atoms with van der Waals surface area (Å²) in [5.41, 5.74) is 1.58. The van der Waals surface area contributed by atoms with Crippen molar-refractivity contribution in [1.82, 2.24) is 5.43 Å². The normalized spacial score (nSPS) is 24.3. The van der Waals surface area contributed by atoms with Gasteiger partial charge in [0, 0.05) is 6.42 Å². The Hall–Kier alpha value is -1.37. The molecule has 0 bridgehead atoms. The Labute approximate surface area is 93.0 Å². The zero-order valence-corrected chi connectivity index (χ0v) is 8.97. The van der Waals surface area contributed by atoms with Crippen LogP contribution in [0.25, 0.3) is 0 Å². The molecule has 1 aliphatic carbocycles. The van der Waals surface area contributed by atoms with E-state index < -0.39 is 17.6 Å². The van der Waals surface area contributed by atoms with E-state index in [-0.39, 0.29) is 18.6 Å². The number of nitrogens with two attached hydrogens (primary N) is 1. The summed E-state index contributed by atoms with van der Waals surface area (Å²) in [6, 6.07) is 0. The average molecular weight is 228 g/mol. The van der Waals surface area contributed by atoms with Crippen LogP contribution in [0.4, 0.5) is 0 Å². The first-order valence-corrected chi connectivity index (χ1v) is 4.88. The standard InChI is InChI=1S/C10H16N2O4/c1-10(12-11,9(15)16)5-6-2-3-7(13)8(14)4-6/h2,4,7,12-14H,3,5,11H2,1H3,(H,15,16)/t7?,10-/m0/s1. The van der Waals surface area contributed by atoms with Crippen LogP contribution < -0.4 is 11.3 Å². The van der Waals surface area contributed by atoms with Crippen LogP contribution in [-0.2, 0) is 4.79 Å². The maximum atomic E-state index is 11.0. The lowest BCUT2D eigenvalue weighted by Crippen LogP contribution is -2.53. The molecule has 6 heteroatoms. The van der Waals surface area contributed by atoms with Crippen molar-refractivity contribution in [3.05, 3.63) is 23.5 Å². The predicted octanol–water partition coefficient (Wildman–Crippen LogP) is -0.184. The fourth-order valence-electron chi connectivity index (χ4n) is 1.45. The molecular weight excluding hydrogens is 212 g/mol. The highest BCUT2D eigenvalue weighted by molar-refractivity contribution is 5.78. The number of hydrazine groups is 1. The number of hydrogen-bond donors (Lipinski definition) is 5. The van der Waals surface area contributed by atoms with Crippen molar-refractivity contribution in [2.24, 2.45) is 5.84 Å². The van der Waals surface area contributed by atoms with E-state index in [0.29, 0.717) is 5.57 Å². The van der Waals surface area contributed by atoms with Gasteiger partial charge in [0.15, 0.2) is 0 Å². The van der Waals surface area contributed by atoms with E-state index in [4.69, 9.17) is 10.9 Å². The van der Waals surface area contributed by atoms with Gasteiger partial charge in [-0.25, -0.2) is 5.43 Å². The molecule has 0 fully saturated rings. The maximum absolute atomic E-state index is 11.0. The first-order chi connectivity index (χ1) is 7.39. The zero-order valence-electron chi connectivity index (χ0n) is 8.97. The topological polar surface area (TPSA) is 116 Å². The van der Waals surface area contributed by atoms with Crippen LogP contribution >= 0.6 is 0 Å². The van der Waals surface area contributed by atoms with Crippen LogP contribution in [0.5, 0.6) is 0 Å². The molecule has 0 aromatic heterocycles. The van der Waals surface area contributed by atoms with Gasteiger partial charge in [0.1, 0.15) is 17.4 Å². The summed E-state index contributed by atoms with van der Waals surface area (Å²) in [6.07, 6.45) is 2.56. The number of allylic oxidation sites excluding steroid dienone is 1. The first kappa shape index (κ1) is 12.7. The summed E-state index contributed by atoms with van der Waals surface area (Å²) >= 11 is 0. The number of rotatable bonds is 4. The molecule has 0 radical (unpaired) electrons. The molecule has 90 valence electrons. The maximum Gasteiger partial charge on any atom is 0.325 e. The molecular formula is C10H16N2O4. The van der Waals surface area contributed by atoms with Gasteiger partial charge in [0.25, 0.3) is 0 Å². The number of carbonyl (C=O) groups is 1. The van der Waals surface area contributed by atoms with Gasteiger partial charge in [0.2, 0.25) is 0 Å². The van der Waals surface area contributed by atoms with E-state index in [9.17, 15) is 15.0 Å². The number of carboxylic acid groups (broad SMARTS) is 1. The molecule has 2 atom stereocenters. The van der Waals surface area contributed by atoms with Crippen LogP contribution in [0.15, 0.2) is 23.5 Å². The first-order valence-electron chi connectivity index (χ1n) is 4.88. The summed E-state index contributed by atoms with van der Waals surface area (Å²) in [4.78, 5) is 11.0. The largest absolute Gasteiger partial charge is 0.510 e. The average Bonchev–Trinajstić information content (AvgIpc) is 2.23. The van der Waals surface area contributed by atoms with Crippen molar-refractivity contribution in [3.8, 4) is 0 Å². The Morgan fingerprint density at radius 3 is 2.81 bits per heavy atom. The summed E-state index contributed by atoms with van der Waals surface area (Å²) in [7, 11) is 0. The Kier molecular flexibility index (Phi) is 3.69. The molecule has 1 rings (SSSR count). The molecule has 0 aliphatic heterocycles. The molecule has 6 N–H and O–H groups in total.